The van der Waals surface area contributed by atoms with Crippen molar-refractivity contribution in [2.75, 3.05) is 0 Å². The van der Waals surface area contributed by atoms with Gasteiger partial charge in [-0.1, -0.05) is 45.3 Å². The lowest BCUT2D eigenvalue weighted by atomic mass is 9.94. The molecule has 1 fully saturated rings. The zero-order valence-corrected chi connectivity index (χ0v) is 12.0. The van der Waals surface area contributed by atoms with Crippen molar-refractivity contribution in [3.8, 4) is 0 Å². The van der Waals surface area contributed by atoms with Gasteiger partial charge in [-0.05, 0) is 25.7 Å². The van der Waals surface area contributed by atoms with Gasteiger partial charge in [-0.3, -0.25) is 4.79 Å². The summed E-state index contributed by atoms with van der Waals surface area (Å²) in [5.41, 5.74) is 1.25. The van der Waals surface area contributed by atoms with Gasteiger partial charge in [0.1, 0.15) is 5.78 Å². The summed E-state index contributed by atoms with van der Waals surface area (Å²) < 4.78 is 5.92. The quantitative estimate of drug-likeness (QED) is 0.472. The third kappa shape index (κ3) is 5.81. The van der Waals surface area contributed by atoms with Gasteiger partial charge in [-0.15, -0.1) is 0 Å². The van der Waals surface area contributed by atoms with Crippen LogP contribution in [0.5, 0.6) is 0 Å². The fraction of sp³-hybridized carbons (Fsp3) is 0.812. The van der Waals surface area contributed by atoms with Crippen molar-refractivity contribution < 1.29 is 9.53 Å². The molecule has 0 N–H and O–H groups in total. The highest BCUT2D eigenvalue weighted by molar-refractivity contribution is 5.78. The van der Waals surface area contributed by atoms with E-state index in [2.05, 4.69) is 20.4 Å². The monoisotopic (exact) mass is 252 g/mol. The first-order chi connectivity index (χ1) is 8.65. The Morgan fingerprint density at radius 3 is 2.61 bits per heavy atom. The van der Waals surface area contributed by atoms with Crippen LogP contribution in [0.4, 0.5) is 0 Å². The smallest absolute Gasteiger partial charge is 0.135 e. The first kappa shape index (κ1) is 15.4. The standard InChI is InChI=1S/C16H28O2/c1-4-6-7-8-9-14(17)12-16-11-13(3)10-15(5-2)18-16/h15-16H,3-12H2,1-2H3/t15-,16-/m0/s1. The Labute approximate surface area is 112 Å². The number of rotatable bonds is 8. The molecule has 2 heteroatoms. The molecule has 0 unspecified atom stereocenters. The number of Topliss-reactive ketones (excluding diaryl/α,β-unsaturated/α-hetero) is 1. The average molecular weight is 252 g/mol. The Hall–Kier alpha value is -0.630. The van der Waals surface area contributed by atoms with Gasteiger partial charge in [0, 0.05) is 12.8 Å². The lowest BCUT2D eigenvalue weighted by Gasteiger charge is -2.30. The molecule has 1 aliphatic heterocycles. The van der Waals surface area contributed by atoms with Crippen LogP contribution >= 0.6 is 0 Å². The van der Waals surface area contributed by atoms with E-state index in [1.54, 1.807) is 0 Å². The topological polar surface area (TPSA) is 26.3 Å². The number of hydrogen-bond donors (Lipinski definition) is 0. The van der Waals surface area contributed by atoms with Gasteiger partial charge in [0.05, 0.1) is 12.2 Å². The van der Waals surface area contributed by atoms with Crippen LogP contribution in [0, 0.1) is 0 Å². The van der Waals surface area contributed by atoms with Crippen molar-refractivity contribution in [2.24, 2.45) is 0 Å². The molecular formula is C16H28O2. The molecule has 18 heavy (non-hydrogen) atoms. The first-order valence-electron chi connectivity index (χ1n) is 7.49. The van der Waals surface area contributed by atoms with E-state index in [1.165, 1.54) is 24.8 Å². The van der Waals surface area contributed by atoms with Gasteiger partial charge in [-0.2, -0.15) is 0 Å². The lowest BCUT2D eigenvalue weighted by molar-refractivity contribution is -0.124. The van der Waals surface area contributed by atoms with E-state index in [-0.39, 0.29) is 12.2 Å². The second kappa shape index (κ2) is 8.47. The molecule has 2 atom stereocenters. The minimum atomic E-state index is 0.0925. The Morgan fingerprint density at radius 1 is 1.22 bits per heavy atom. The molecule has 1 aliphatic rings. The summed E-state index contributed by atoms with van der Waals surface area (Å²) in [6, 6.07) is 0. The molecule has 0 aromatic rings. The summed E-state index contributed by atoms with van der Waals surface area (Å²) in [5, 5.41) is 0. The van der Waals surface area contributed by atoms with E-state index in [1.807, 2.05) is 0 Å². The summed E-state index contributed by atoms with van der Waals surface area (Å²) in [6.07, 6.45) is 9.22. The van der Waals surface area contributed by atoms with Crippen LogP contribution in [0.25, 0.3) is 0 Å². The summed E-state index contributed by atoms with van der Waals surface area (Å²) in [6.45, 7) is 8.39. The average Bonchev–Trinajstić information content (AvgIpc) is 2.34. The van der Waals surface area contributed by atoms with Crippen molar-refractivity contribution in [3.63, 3.8) is 0 Å². The molecule has 0 spiro atoms. The summed E-state index contributed by atoms with van der Waals surface area (Å²) >= 11 is 0. The summed E-state index contributed by atoms with van der Waals surface area (Å²) in [7, 11) is 0. The highest BCUT2D eigenvalue weighted by atomic mass is 16.5. The Morgan fingerprint density at radius 2 is 1.94 bits per heavy atom. The molecule has 104 valence electrons. The molecule has 0 saturated carbocycles. The third-order valence-corrected chi connectivity index (χ3v) is 3.64. The van der Waals surface area contributed by atoms with Crippen LogP contribution in [0.3, 0.4) is 0 Å². The van der Waals surface area contributed by atoms with Crippen molar-refractivity contribution in [3.05, 3.63) is 12.2 Å². The van der Waals surface area contributed by atoms with Gasteiger partial charge in [0.25, 0.3) is 0 Å². The van der Waals surface area contributed by atoms with Gasteiger partial charge in [-0.25, -0.2) is 0 Å². The molecule has 1 rings (SSSR count). The van der Waals surface area contributed by atoms with E-state index < -0.39 is 0 Å². The molecule has 0 amide bonds. The molecule has 0 aliphatic carbocycles. The van der Waals surface area contributed by atoms with Crippen LogP contribution in [-0.4, -0.2) is 18.0 Å². The SMILES string of the molecule is C=C1C[C@H](CC)O[C@H](CC(=O)CCCCCC)C1. The predicted octanol–water partition coefficient (Wildman–Crippen LogP) is 4.43. The number of ketones is 1. The van der Waals surface area contributed by atoms with Gasteiger partial charge >= 0.3 is 0 Å². The second-order valence-corrected chi connectivity index (χ2v) is 5.50. The number of carbonyl (C=O) groups excluding carboxylic acids is 1. The highest BCUT2D eigenvalue weighted by Gasteiger charge is 2.25. The van der Waals surface area contributed by atoms with Gasteiger partial charge in [0.2, 0.25) is 0 Å². The maximum Gasteiger partial charge on any atom is 0.135 e. The second-order valence-electron chi connectivity index (χ2n) is 5.50. The predicted molar refractivity (Wildman–Crippen MR) is 75.7 cm³/mol. The van der Waals surface area contributed by atoms with Crippen molar-refractivity contribution in [1.29, 1.82) is 0 Å². The normalized spacial score (nSPS) is 24.2. The molecule has 1 saturated heterocycles. The maximum atomic E-state index is 11.9. The molecule has 2 nitrogen and oxygen atoms in total. The van der Waals surface area contributed by atoms with E-state index >= 15 is 0 Å². The van der Waals surface area contributed by atoms with Gasteiger partial charge < -0.3 is 4.74 Å². The van der Waals surface area contributed by atoms with E-state index in [9.17, 15) is 4.79 Å². The minimum absolute atomic E-state index is 0.0925. The van der Waals surface area contributed by atoms with E-state index in [4.69, 9.17) is 4.74 Å². The van der Waals surface area contributed by atoms with Crippen molar-refractivity contribution in [2.45, 2.75) is 83.8 Å². The largest absolute Gasteiger partial charge is 0.374 e. The first-order valence-corrected chi connectivity index (χ1v) is 7.49. The molecule has 0 aromatic heterocycles. The lowest BCUT2D eigenvalue weighted by Crippen LogP contribution is -2.30. The van der Waals surface area contributed by atoms with E-state index in [0.29, 0.717) is 12.2 Å². The number of hydrogen-bond acceptors (Lipinski definition) is 2. The maximum absolute atomic E-state index is 11.9. The summed E-state index contributed by atoms with van der Waals surface area (Å²) in [5.74, 6) is 0.362. The summed E-state index contributed by atoms with van der Waals surface area (Å²) in [4.78, 5) is 11.9. The zero-order chi connectivity index (χ0) is 13.4. The molecular weight excluding hydrogens is 224 g/mol. The third-order valence-electron chi connectivity index (χ3n) is 3.64. The Kier molecular flexibility index (Phi) is 7.26. The van der Waals surface area contributed by atoms with Crippen LogP contribution in [-0.2, 0) is 9.53 Å². The number of ether oxygens (including phenoxy) is 1. The van der Waals surface area contributed by atoms with Crippen molar-refractivity contribution in [1.82, 2.24) is 0 Å². The van der Waals surface area contributed by atoms with Crippen LogP contribution < -0.4 is 0 Å². The van der Waals surface area contributed by atoms with E-state index in [0.717, 1.165) is 32.1 Å². The molecule has 0 aromatic carbocycles. The van der Waals surface area contributed by atoms with Crippen molar-refractivity contribution >= 4 is 5.78 Å². The minimum Gasteiger partial charge on any atom is -0.374 e. The van der Waals surface area contributed by atoms with Crippen LogP contribution in [0.2, 0.25) is 0 Å². The zero-order valence-electron chi connectivity index (χ0n) is 12.0. The fourth-order valence-corrected chi connectivity index (χ4v) is 2.56. The fourth-order valence-electron chi connectivity index (χ4n) is 2.56. The molecule has 0 bridgehead atoms. The van der Waals surface area contributed by atoms with Crippen LogP contribution in [0.15, 0.2) is 12.2 Å². The number of unbranched alkanes of at least 4 members (excludes halogenated alkanes) is 3. The number of carbonyl (C=O) groups is 1. The molecule has 1 heterocycles. The Bertz CT molecular complexity index is 270. The van der Waals surface area contributed by atoms with Gasteiger partial charge in [0.15, 0.2) is 0 Å². The highest BCUT2D eigenvalue weighted by Crippen LogP contribution is 2.27. The Balaban J connectivity index is 2.24. The molecule has 0 radical (unpaired) electrons. The van der Waals surface area contributed by atoms with Crippen LogP contribution in [0.1, 0.15) is 71.6 Å².